The van der Waals surface area contributed by atoms with Gasteiger partial charge in [-0.1, -0.05) is 33.6 Å². The van der Waals surface area contributed by atoms with Crippen molar-refractivity contribution < 1.29 is 9.59 Å². The molecule has 1 aliphatic heterocycles. The van der Waals surface area contributed by atoms with Crippen molar-refractivity contribution in [2.45, 2.75) is 84.3 Å². The second kappa shape index (κ2) is 5.98. The molecule has 0 aromatic carbocycles. The Labute approximate surface area is 128 Å². The van der Waals surface area contributed by atoms with Gasteiger partial charge in [0, 0.05) is 6.04 Å². The van der Waals surface area contributed by atoms with Crippen LogP contribution in [0, 0.1) is 11.8 Å². The van der Waals surface area contributed by atoms with Crippen molar-refractivity contribution in [3.05, 3.63) is 0 Å². The Morgan fingerprint density at radius 3 is 2.43 bits per heavy atom. The van der Waals surface area contributed by atoms with Gasteiger partial charge < -0.3 is 10.2 Å². The molecule has 0 aromatic heterocycles. The van der Waals surface area contributed by atoms with Crippen LogP contribution in [0.15, 0.2) is 0 Å². The second-order valence-electron chi connectivity index (χ2n) is 7.78. The van der Waals surface area contributed by atoms with Crippen LogP contribution in [0.2, 0.25) is 0 Å². The lowest BCUT2D eigenvalue weighted by atomic mass is 9.88. The predicted octanol–water partition coefficient (Wildman–Crippen LogP) is 2.72. The molecule has 1 heterocycles. The fraction of sp³-hybridized carbons (Fsp3) is 0.882. The average molecular weight is 294 g/mol. The number of rotatable bonds is 2. The molecule has 0 spiro atoms. The third kappa shape index (κ3) is 3.24. The quantitative estimate of drug-likeness (QED) is 0.796. The molecule has 1 aliphatic carbocycles. The van der Waals surface area contributed by atoms with E-state index in [-0.39, 0.29) is 29.8 Å². The van der Waals surface area contributed by atoms with Gasteiger partial charge in [-0.15, -0.1) is 0 Å². The minimum absolute atomic E-state index is 0.00638. The number of hydrogen-bond donors (Lipinski definition) is 1. The molecular weight excluding hydrogens is 264 g/mol. The molecular formula is C17H30N2O2. The summed E-state index contributed by atoms with van der Waals surface area (Å²) >= 11 is 0. The highest BCUT2D eigenvalue weighted by Gasteiger charge is 2.48. The zero-order chi connectivity index (χ0) is 15.8. The standard InChI is InChI=1S/C17H30N2O2/c1-11(2)14-15(20)18-17(4,5)16(21)19(14)13-8-6-7-12(3)9-10-13/h11-14H,6-10H2,1-5H3,(H,18,20). The van der Waals surface area contributed by atoms with Crippen molar-refractivity contribution in [3.63, 3.8) is 0 Å². The van der Waals surface area contributed by atoms with Crippen LogP contribution in [0.25, 0.3) is 0 Å². The van der Waals surface area contributed by atoms with Crippen LogP contribution in [0.4, 0.5) is 0 Å². The van der Waals surface area contributed by atoms with E-state index in [0.717, 1.165) is 31.6 Å². The van der Waals surface area contributed by atoms with Crippen molar-refractivity contribution in [3.8, 4) is 0 Å². The molecule has 2 amide bonds. The Morgan fingerprint density at radius 1 is 1.14 bits per heavy atom. The molecule has 1 N–H and O–H groups in total. The number of nitrogens with zero attached hydrogens (tertiary/aromatic N) is 1. The van der Waals surface area contributed by atoms with Crippen molar-refractivity contribution in [2.24, 2.45) is 11.8 Å². The Hall–Kier alpha value is -1.06. The van der Waals surface area contributed by atoms with Gasteiger partial charge in [-0.05, 0) is 44.9 Å². The lowest BCUT2D eigenvalue weighted by molar-refractivity contribution is -0.158. The van der Waals surface area contributed by atoms with Crippen molar-refractivity contribution in [1.82, 2.24) is 10.2 Å². The van der Waals surface area contributed by atoms with Crippen LogP contribution in [0.5, 0.6) is 0 Å². The molecule has 2 aliphatic rings. The van der Waals surface area contributed by atoms with Crippen LogP contribution < -0.4 is 5.32 Å². The van der Waals surface area contributed by atoms with Crippen LogP contribution in [0.3, 0.4) is 0 Å². The number of hydrogen-bond acceptors (Lipinski definition) is 2. The first kappa shape index (κ1) is 16.3. The third-order valence-electron chi connectivity index (χ3n) is 5.03. The van der Waals surface area contributed by atoms with Crippen LogP contribution in [-0.2, 0) is 9.59 Å². The minimum atomic E-state index is -0.777. The Morgan fingerprint density at radius 2 is 1.81 bits per heavy atom. The molecule has 3 unspecified atom stereocenters. The Bertz CT molecular complexity index is 417. The fourth-order valence-corrected chi connectivity index (χ4v) is 3.77. The number of carbonyl (C=O) groups is 2. The highest BCUT2D eigenvalue weighted by atomic mass is 16.2. The van der Waals surface area contributed by atoms with Gasteiger partial charge in [0.25, 0.3) is 0 Å². The molecule has 0 radical (unpaired) electrons. The second-order valence-corrected chi connectivity index (χ2v) is 7.78. The molecule has 2 rings (SSSR count). The molecule has 4 nitrogen and oxygen atoms in total. The summed E-state index contributed by atoms with van der Waals surface area (Å²) in [6.45, 7) is 9.98. The van der Waals surface area contributed by atoms with Crippen LogP contribution >= 0.6 is 0 Å². The van der Waals surface area contributed by atoms with Gasteiger partial charge >= 0.3 is 0 Å². The van der Waals surface area contributed by atoms with E-state index in [1.807, 2.05) is 32.6 Å². The highest BCUT2D eigenvalue weighted by Crippen LogP contribution is 2.32. The normalized spacial score (nSPS) is 33.8. The summed E-state index contributed by atoms with van der Waals surface area (Å²) in [5.41, 5.74) is -0.777. The van der Waals surface area contributed by atoms with E-state index in [1.54, 1.807) is 0 Å². The van der Waals surface area contributed by atoms with E-state index in [2.05, 4.69) is 12.2 Å². The zero-order valence-corrected chi connectivity index (χ0v) is 14.1. The summed E-state index contributed by atoms with van der Waals surface area (Å²) in [6, 6.07) is -0.0934. The topological polar surface area (TPSA) is 49.4 Å². The van der Waals surface area contributed by atoms with Crippen LogP contribution in [0.1, 0.15) is 66.7 Å². The summed E-state index contributed by atoms with van der Waals surface area (Å²) in [7, 11) is 0. The lowest BCUT2D eigenvalue weighted by Gasteiger charge is -2.48. The molecule has 3 atom stereocenters. The fourth-order valence-electron chi connectivity index (χ4n) is 3.77. The van der Waals surface area contributed by atoms with E-state index in [0.29, 0.717) is 0 Å². The molecule has 120 valence electrons. The molecule has 0 aromatic rings. The van der Waals surface area contributed by atoms with Gasteiger partial charge in [0.05, 0.1) is 0 Å². The van der Waals surface area contributed by atoms with Gasteiger partial charge in [-0.3, -0.25) is 9.59 Å². The van der Waals surface area contributed by atoms with E-state index in [1.165, 1.54) is 6.42 Å². The monoisotopic (exact) mass is 294 g/mol. The predicted molar refractivity (Wildman–Crippen MR) is 83.7 cm³/mol. The highest BCUT2D eigenvalue weighted by molar-refractivity contribution is 5.99. The van der Waals surface area contributed by atoms with E-state index >= 15 is 0 Å². The summed E-state index contributed by atoms with van der Waals surface area (Å²) in [6.07, 6.45) is 5.60. The number of amides is 2. The third-order valence-corrected chi connectivity index (χ3v) is 5.03. The molecule has 1 saturated heterocycles. The number of carbonyl (C=O) groups excluding carboxylic acids is 2. The number of nitrogens with one attached hydrogen (secondary N) is 1. The average Bonchev–Trinajstić information content (AvgIpc) is 2.57. The van der Waals surface area contributed by atoms with Crippen molar-refractivity contribution in [1.29, 1.82) is 0 Å². The molecule has 0 bridgehead atoms. The summed E-state index contributed by atoms with van der Waals surface area (Å²) < 4.78 is 0. The Balaban J connectivity index is 2.29. The maximum absolute atomic E-state index is 12.9. The maximum Gasteiger partial charge on any atom is 0.248 e. The first-order chi connectivity index (χ1) is 9.74. The summed E-state index contributed by atoms with van der Waals surface area (Å²) in [4.78, 5) is 27.3. The lowest BCUT2D eigenvalue weighted by Crippen LogP contribution is -2.71. The van der Waals surface area contributed by atoms with Gasteiger partial charge in [-0.25, -0.2) is 0 Å². The molecule has 2 fully saturated rings. The van der Waals surface area contributed by atoms with Crippen LogP contribution in [-0.4, -0.2) is 34.3 Å². The smallest absolute Gasteiger partial charge is 0.248 e. The summed E-state index contributed by atoms with van der Waals surface area (Å²) in [5, 5.41) is 2.90. The van der Waals surface area contributed by atoms with Gasteiger partial charge in [0.15, 0.2) is 0 Å². The number of piperazine rings is 1. The minimum Gasteiger partial charge on any atom is -0.340 e. The zero-order valence-electron chi connectivity index (χ0n) is 14.1. The first-order valence-corrected chi connectivity index (χ1v) is 8.39. The molecule has 4 heteroatoms. The van der Waals surface area contributed by atoms with Gasteiger partial charge in [-0.2, -0.15) is 0 Å². The van der Waals surface area contributed by atoms with Gasteiger partial charge in [0.1, 0.15) is 11.6 Å². The largest absolute Gasteiger partial charge is 0.340 e. The van der Waals surface area contributed by atoms with Crippen molar-refractivity contribution >= 4 is 11.8 Å². The van der Waals surface area contributed by atoms with E-state index < -0.39 is 5.54 Å². The molecule has 21 heavy (non-hydrogen) atoms. The summed E-state index contributed by atoms with van der Waals surface area (Å²) in [5.74, 6) is 0.965. The van der Waals surface area contributed by atoms with E-state index in [9.17, 15) is 9.59 Å². The van der Waals surface area contributed by atoms with Crippen molar-refractivity contribution in [2.75, 3.05) is 0 Å². The van der Waals surface area contributed by atoms with E-state index in [4.69, 9.17) is 0 Å². The Kier molecular flexibility index (Phi) is 4.64. The maximum atomic E-state index is 12.9. The SMILES string of the molecule is CC1CCCC(N2C(=O)C(C)(C)NC(=O)C2C(C)C)CC1. The van der Waals surface area contributed by atoms with Gasteiger partial charge in [0.2, 0.25) is 11.8 Å². The first-order valence-electron chi connectivity index (χ1n) is 8.39. The molecule has 1 saturated carbocycles.